The van der Waals surface area contributed by atoms with E-state index in [9.17, 15) is 39.6 Å². The summed E-state index contributed by atoms with van der Waals surface area (Å²) in [4.78, 5) is 53.1. The SMILES string of the molecule is C=CCCOC(=O)CCc1cc(C(C)C)c2c(c1O)C(O)=C1C(=O)[C@@]3(O)C(O)=C(C(C)=O)C(=O)C(C(C)C)[C@@]3(C)C[C@@]1(C)C2. The minimum absolute atomic E-state index is 0.0236. The number of hydrogen-bond donors (Lipinski definition) is 4. The molecule has 9 heteroatoms. The summed E-state index contributed by atoms with van der Waals surface area (Å²) in [6, 6.07) is 1.81. The molecule has 238 valence electrons. The molecule has 9 nitrogen and oxygen atoms in total. The fraction of sp³-hybridized carbons (Fsp3) is 0.543. The van der Waals surface area contributed by atoms with Gasteiger partial charge in [-0.15, -0.1) is 6.58 Å². The van der Waals surface area contributed by atoms with E-state index in [-0.39, 0.29) is 55.1 Å². The molecular formula is C35H44O9. The van der Waals surface area contributed by atoms with Gasteiger partial charge in [0, 0.05) is 28.7 Å². The first-order chi connectivity index (χ1) is 20.4. The first kappa shape index (κ1) is 33.2. The van der Waals surface area contributed by atoms with Gasteiger partial charge in [-0.05, 0) is 61.1 Å². The lowest BCUT2D eigenvalue weighted by atomic mass is 9.43. The molecule has 3 aliphatic rings. The van der Waals surface area contributed by atoms with Crippen LogP contribution in [0.4, 0.5) is 0 Å². The van der Waals surface area contributed by atoms with Crippen LogP contribution in [-0.2, 0) is 36.8 Å². The van der Waals surface area contributed by atoms with Gasteiger partial charge in [0.1, 0.15) is 22.8 Å². The molecule has 1 aromatic carbocycles. The van der Waals surface area contributed by atoms with E-state index in [4.69, 9.17) is 4.74 Å². The van der Waals surface area contributed by atoms with E-state index >= 15 is 0 Å². The maximum absolute atomic E-state index is 14.5. The number of aliphatic hydroxyl groups is 3. The third kappa shape index (κ3) is 4.71. The molecule has 1 saturated carbocycles. The monoisotopic (exact) mass is 608 g/mol. The Kier molecular flexibility index (Phi) is 8.54. The van der Waals surface area contributed by atoms with Crippen molar-refractivity contribution in [1.82, 2.24) is 0 Å². The van der Waals surface area contributed by atoms with Crippen LogP contribution in [0.15, 0.2) is 35.6 Å². The van der Waals surface area contributed by atoms with Gasteiger partial charge in [-0.2, -0.15) is 0 Å². The predicted molar refractivity (Wildman–Crippen MR) is 164 cm³/mol. The standard InChI is InChI=1S/C35H44O9/c1-9-10-13-44-23(37)12-11-20-14-21(17(2)3)22-15-33(7)16-34(8)26(18(4)5)29(39)24(19(6)36)31(41)35(34,43)32(42)27(33)30(40)25(22)28(20)38/h9,14,17-18,26,38,40-41,43H,1,10-13,15-16H2,2-8H3/t26?,33-,34-,35+/m1/s1. The molecule has 0 saturated heterocycles. The van der Waals surface area contributed by atoms with Crippen LogP contribution in [0.2, 0.25) is 0 Å². The number of hydrogen-bond acceptors (Lipinski definition) is 9. The van der Waals surface area contributed by atoms with Gasteiger partial charge in [0.15, 0.2) is 17.2 Å². The number of carbonyl (C=O) groups excluding carboxylic acids is 4. The normalized spacial score (nSPS) is 28.2. The van der Waals surface area contributed by atoms with Crippen LogP contribution in [0.5, 0.6) is 5.75 Å². The molecule has 4 rings (SSSR count). The molecule has 0 aromatic heterocycles. The molecule has 0 amide bonds. The zero-order chi connectivity index (χ0) is 33.1. The van der Waals surface area contributed by atoms with E-state index < -0.39 is 68.7 Å². The molecule has 4 atom stereocenters. The molecule has 4 N–H and O–H groups in total. The van der Waals surface area contributed by atoms with Gasteiger partial charge < -0.3 is 25.2 Å². The summed E-state index contributed by atoms with van der Waals surface area (Å²) in [6.07, 6.45) is 2.47. The van der Waals surface area contributed by atoms with Crippen molar-refractivity contribution in [1.29, 1.82) is 0 Å². The second kappa shape index (κ2) is 11.3. The van der Waals surface area contributed by atoms with E-state index in [1.54, 1.807) is 33.8 Å². The highest BCUT2D eigenvalue weighted by Gasteiger charge is 2.72. The Morgan fingerprint density at radius 2 is 1.77 bits per heavy atom. The molecule has 1 unspecified atom stereocenters. The second-order valence-electron chi connectivity index (χ2n) is 13.7. The lowest BCUT2D eigenvalue weighted by Gasteiger charge is -2.60. The number of aryl methyl sites for hydroxylation is 1. The van der Waals surface area contributed by atoms with Gasteiger partial charge >= 0.3 is 5.97 Å². The summed E-state index contributed by atoms with van der Waals surface area (Å²) in [5, 5.41) is 46.9. The summed E-state index contributed by atoms with van der Waals surface area (Å²) in [5.74, 6) is -6.08. The quantitative estimate of drug-likeness (QED) is 0.125. The van der Waals surface area contributed by atoms with Crippen molar-refractivity contribution in [2.24, 2.45) is 22.7 Å². The van der Waals surface area contributed by atoms with Crippen LogP contribution in [0.1, 0.15) is 95.9 Å². The zero-order valence-corrected chi connectivity index (χ0v) is 26.7. The number of ether oxygens (including phenoxy) is 1. The lowest BCUT2D eigenvalue weighted by molar-refractivity contribution is -0.178. The number of Topliss-reactive ketones (excluding diaryl/α,β-unsaturated/α-hetero) is 3. The smallest absolute Gasteiger partial charge is 0.306 e. The number of rotatable bonds is 9. The molecule has 44 heavy (non-hydrogen) atoms. The summed E-state index contributed by atoms with van der Waals surface area (Å²) in [5.41, 5.74) is -4.18. The van der Waals surface area contributed by atoms with E-state index in [0.717, 1.165) is 12.5 Å². The molecular weight excluding hydrogens is 564 g/mol. The topological polar surface area (TPSA) is 158 Å². The van der Waals surface area contributed by atoms with Crippen molar-refractivity contribution in [3.05, 3.63) is 57.9 Å². The minimum Gasteiger partial charge on any atom is -0.508 e. The molecule has 1 aromatic rings. The van der Waals surface area contributed by atoms with Gasteiger partial charge in [0.2, 0.25) is 5.78 Å². The number of fused-ring (bicyclic) bond motifs is 3. The summed E-state index contributed by atoms with van der Waals surface area (Å²) >= 11 is 0. The fourth-order valence-corrected chi connectivity index (χ4v) is 8.14. The second-order valence-corrected chi connectivity index (χ2v) is 13.7. The summed E-state index contributed by atoms with van der Waals surface area (Å²) in [6.45, 7) is 15.7. The number of ketones is 3. The van der Waals surface area contributed by atoms with Crippen LogP contribution in [0, 0.1) is 22.7 Å². The molecule has 0 aliphatic heterocycles. The Balaban J connectivity index is 1.94. The highest BCUT2D eigenvalue weighted by atomic mass is 16.5. The molecule has 1 fully saturated rings. The number of carbonyl (C=O) groups is 4. The highest BCUT2D eigenvalue weighted by molar-refractivity contribution is 6.24. The van der Waals surface area contributed by atoms with E-state index in [1.165, 1.54) is 0 Å². The molecule has 0 heterocycles. The maximum Gasteiger partial charge on any atom is 0.306 e. The number of esters is 1. The van der Waals surface area contributed by atoms with Gasteiger partial charge in [-0.25, -0.2) is 0 Å². The fourth-order valence-electron chi connectivity index (χ4n) is 8.14. The van der Waals surface area contributed by atoms with Crippen molar-refractivity contribution >= 4 is 29.1 Å². The third-order valence-corrected chi connectivity index (χ3v) is 9.92. The number of phenolic OH excluding ortho intramolecular Hbond substituents is 1. The Morgan fingerprint density at radius 1 is 1.14 bits per heavy atom. The van der Waals surface area contributed by atoms with Crippen molar-refractivity contribution in [3.63, 3.8) is 0 Å². The van der Waals surface area contributed by atoms with E-state index in [0.29, 0.717) is 17.5 Å². The Labute approximate surface area is 258 Å². The van der Waals surface area contributed by atoms with Crippen LogP contribution in [0.3, 0.4) is 0 Å². The number of phenols is 1. The van der Waals surface area contributed by atoms with Crippen LogP contribution in [-0.4, -0.2) is 56.0 Å². The zero-order valence-electron chi connectivity index (χ0n) is 26.7. The predicted octanol–water partition coefficient (Wildman–Crippen LogP) is 5.37. The van der Waals surface area contributed by atoms with E-state index in [2.05, 4.69) is 6.58 Å². The molecule has 0 bridgehead atoms. The first-order valence-corrected chi connectivity index (χ1v) is 15.2. The number of allylic oxidation sites excluding steroid dienone is 1. The Morgan fingerprint density at radius 3 is 2.32 bits per heavy atom. The average molecular weight is 609 g/mol. The summed E-state index contributed by atoms with van der Waals surface area (Å²) in [7, 11) is 0. The Hall–Kier alpha value is -3.72. The van der Waals surface area contributed by atoms with Crippen LogP contribution >= 0.6 is 0 Å². The number of benzene rings is 1. The molecule has 0 spiro atoms. The largest absolute Gasteiger partial charge is 0.508 e. The molecule has 3 aliphatic carbocycles. The van der Waals surface area contributed by atoms with Crippen LogP contribution in [0.25, 0.3) is 5.76 Å². The van der Waals surface area contributed by atoms with Crippen molar-refractivity contribution in [2.75, 3.05) is 6.61 Å². The number of aromatic hydroxyl groups is 1. The van der Waals surface area contributed by atoms with Crippen molar-refractivity contribution < 1.29 is 44.3 Å². The first-order valence-electron chi connectivity index (χ1n) is 15.2. The average Bonchev–Trinajstić information content (AvgIpc) is 2.89. The number of aliphatic hydroxyl groups excluding tert-OH is 2. The highest BCUT2D eigenvalue weighted by Crippen LogP contribution is 2.65. The molecule has 0 radical (unpaired) electrons. The van der Waals surface area contributed by atoms with E-state index in [1.807, 2.05) is 19.9 Å². The van der Waals surface area contributed by atoms with Crippen LogP contribution < -0.4 is 0 Å². The van der Waals surface area contributed by atoms with Gasteiger partial charge in [-0.3, -0.25) is 19.2 Å². The summed E-state index contributed by atoms with van der Waals surface area (Å²) < 4.78 is 5.19. The lowest BCUT2D eigenvalue weighted by Crippen LogP contribution is -2.69. The van der Waals surface area contributed by atoms with Gasteiger partial charge in [-0.1, -0.05) is 53.7 Å². The van der Waals surface area contributed by atoms with Crippen molar-refractivity contribution in [2.45, 2.75) is 92.1 Å². The minimum atomic E-state index is -2.67. The maximum atomic E-state index is 14.5. The van der Waals surface area contributed by atoms with Crippen molar-refractivity contribution in [3.8, 4) is 5.75 Å². The Bertz CT molecular complexity index is 1530. The van der Waals surface area contributed by atoms with Gasteiger partial charge in [0.25, 0.3) is 0 Å². The van der Waals surface area contributed by atoms with Gasteiger partial charge in [0.05, 0.1) is 12.2 Å². The third-order valence-electron chi connectivity index (χ3n) is 9.92.